The molecule has 2 aromatic carbocycles. The van der Waals surface area contributed by atoms with E-state index in [0.717, 1.165) is 25.1 Å². The van der Waals surface area contributed by atoms with E-state index in [2.05, 4.69) is 38.4 Å². The summed E-state index contributed by atoms with van der Waals surface area (Å²) in [5.74, 6) is -0.370. The first kappa shape index (κ1) is 21.8. The number of aromatic nitrogens is 2. The molecule has 2 aliphatic rings. The molecule has 5 rings (SSSR count). The van der Waals surface area contributed by atoms with Crippen molar-refractivity contribution in [1.29, 1.82) is 0 Å². The number of ether oxygens (including phenoxy) is 1. The first-order chi connectivity index (χ1) is 15.9. The van der Waals surface area contributed by atoms with Gasteiger partial charge in [0.05, 0.1) is 17.9 Å². The Kier molecular flexibility index (Phi) is 5.74. The summed E-state index contributed by atoms with van der Waals surface area (Å²) in [6.07, 6.45) is 2.65. The molecule has 3 aromatic rings. The van der Waals surface area contributed by atoms with Crippen molar-refractivity contribution in [3.05, 3.63) is 70.7 Å². The Morgan fingerprint density at radius 2 is 2.00 bits per heavy atom. The van der Waals surface area contributed by atoms with E-state index in [1.807, 2.05) is 20.8 Å². The third-order valence-corrected chi connectivity index (χ3v) is 6.39. The van der Waals surface area contributed by atoms with Crippen LogP contribution in [-0.4, -0.2) is 35.2 Å². The molecule has 0 bridgehead atoms. The zero-order valence-corrected chi connectivity index (χ0v) is 19.2. The van der Waals surface area contributed by atoms with Crippen LogP contribution in [0.15, 0.2) is 36.5 Å². The third-order valence-electron chi connectivity index (χ3n) is 6.39. The van der Waals surface area contributed by atoms with Crippen LogP contribution in [0.4, 0.5) is 14.5 Å². The molecule has 1 N–H and O–H groups in total. The van der Waals surface area contributed by atoms with Gasteiger partial charge in [0.15, 0.2) is 17.4 Å². The molecular weight excluding hydrogens is 422 g/mol. The van der Waals surface area contributed by atoms with E-state index in [9.17, 15) is 8.78 Å². The predicted octanol–water partition coefficient (Wildman–Crippen LogP) is 4.65. The van der Waals surface area contributed by atoms with Crippen LogP contribution in [0.5, 0.6) is 5.75 Å². The van der Waals surface area contributed by atoms with Gasteiger partial charge in [0.1, 0.15) is 18.1 Å². The van der Waals surface area contributed by atoms with Gasteiger partial charge in [-0.25, -0.2) is 18.7 Å². The monoisotopic (exact) mass is 450 g/mol. The number of hydrogen-bond donors (Lipinski definition) is 1. The standard InChI is InChI=1S/C26H28F2N4O/c1-15(2)32-16(3)14-33-26-21(27)10-20(11-23(26)32)25-22(28)13-30-24(31-25)9-17-4-5-19-12-29-7-6-18(19)8-17/h4-5,8,10-11,13,15-16,29H,6-7,9,12,14H2,1-3H3. The molecule has 33 heavy (non-hydrogen) atoms. The maximum Gasteiger partial charge on any atom is 0.178 e. The molecule has 0 radical (unpaired) electrons. The molecule has 0 saturated carbocycles. The molecule has 0 saturated heterocycles. The number of rotatable bonds is 4. The Morgan fingerprint density at radius 3 is 2.82 bits per heavy atom. The van der Waals surface area contributed by atoms with Gasteiger partial charge in [-0.15, -0.1) is 0 Å². The third kappa shape index (κ3) is 4.17. The quantitative estimate of drug-likeness (QED) is 0.627. The van der Waals surface area contributed by atoms with E-state index in [0.29, 0.717) is 30.1 Å². The van der Waals surface area contributed by atoms with Gasteiger partial charge >= 0.3 is 0 Å². The van der Waals surface area contributed by atoms with E-state index < -0.39 is 11.6 Å². The van der Waals surface area contributed by atoms with Crippen molar-refractivity contribution >= 4 is 5.69 Å². The Labute approximate surface area is 192 Å². The molecule has 0 amide bonds. The molecule has 3 heterocycles. The summed E-state index contributed by atoms with van der Waals surface area (Å²) in [5, 5.41) is 3.37. The van der Waals surface area contributed by atoms with Gasteiger partial charge in [-0.05, 0) is 62.6 Å². The van der Waals surface area contributed by atoms with Gasteiger partial charge in [-0.3, -0.25) is 0 Å². The minimum absolute atomic E-state index is 0.0807. The average Bonchev–Trinajstić information content (AvgIpc) is 2.79. The Balaban J connectivity index is 1.50. The maximum atomic E-state index is 15.0. The van der Waals surface area contributed by atoms with Crippen LogP contribution in [0.1, 0.15) is 43.3 Å². The van der Waals surface area contributed by atoms with E-state index in [1.165, 1.54) is 23.4 Å². The van der Waals surface area contributed by atoms with Crippen LogP contribution in [0, 0.1) is 11.6 Å². The molecule has 0 spiro atoms. The van der Waals surface area contributed by atoms with Gasteiger partial charge in [0.25, 0.3) is 0 Å². The summed E-state index contributed by atoms with van der Waals surface area (Å²) in [6.45, 7) is 8.39. The summed E-state index contributed by atoms with van der Waals surface area (Å²) in [4.78, 5) is 10.8. The Morgan fingerprint density at radius 1 is 1.15 bits per heavy atom. The second-order valence-electron chi connectivity index (χ2n) is 9.16. The highest BCUT2D eigenvalue weighted by atomic mass is 19.1. The lowest BCUT2D eigenvalue weighted by atomic mass is 9.97. The van der Waals surface area contributed by atoms with Crippen molar-refractivity contribution < 1.29 is 13.5 Å². The zero-order valence-electron chi connectivity index (χ0n) is 19.2. The number of anilines is 1. The van der Waals surface area contributed by atoms with Crippen LogP contribution in [0.25, 0.3) is 11.3 Å². The fraction of sp³-hybridized carbons (Fsp3) is 0.385. The van der Waals surface area contributed by atoms with Crippen molar-refractivity contribution in [1.82, 2.24) is 15.3 Å². The molecule has 0 aliphatic carbocycles. The number of halogens is 2. The fourth-order valence-corrected chi connectivity index (χ4v) is 4.87. The lowest BCUT2D eigenvalue weighted by Crippen LogP contribution is -2.45. The van der Waals surface area contributed by atoms with Gasteiger partial charge < -0.3 is 15.0 Å². The number of nitrogens with one attached hydrogen (secondary N) is 1. The Hall–Kier alpha value is -3.06. The normalized spacial score (nSPS) is 17.5. The highest BCUT2D eigenvalue weighted by molar-refractivity contribution is 5.72. The fourth-order valence-electron chi connectivity index (χ4n) is 4.87. The molecule has 172 valence electrons. The first-order valence-electron chi connectivity index (χ1n) is 11.5. The Bertz CT molecular complexity index is 1200. The summed E-state index contributed by atoms with van der Waals surface area (Å²) in [6, 6.07) is 9.67. The highest BCUT2D eigenvalue weighted by Gasteiger charge is 2.30. The number of benzene rings is 2. The van der Waals surface area contributed by atoms with Crippen molar-refractivity contribution in [3.63, 3.8) is 0 Å². The molecule has 1 unspecified atom stereocenters. The van der Waals surface area contributed by atoms with Gasteiger partial charge in [0.2, 0.25) is 0 Å². The summed E-state index contributed by atoms with van der Waals surface area (Å²) < 4.78 is 35.5. The van der Waals surface area contributed by atoms with Gasteiger partial charge in [-0.2, -0.15) is 0 Å². The topological polar surface area (TPSA) is 50.3 Å². The molecule has 0 fully saturated rings. The van der Waals surface area contributed by atoms with Crippen molar-refractivity contribution in [2.75, 3.05) is 18.1 Å². The van der Waals surface area contributed by atoms with E-state index in [-0.39, 0.29) is 23.5 Å². The van der Waals surface area contributed by atoms with Crippen LogP contribution in [0.3, 0.4) is 0 Å². The van der Waals surface area contributed by atoms with Crippen LogP contribution in [0.2, 0.25) is 0 Å². The predicted molar refractivity (Wildman–Crippen MR) is 125 cm³/mol. The zero-order chi connectivity index (χ0) is 23.1. The molecular formula is C26H28F2N4O. The maximum absolute atomic E-state index is 15.0. The molecule has 2 aliphatic heterocycles. The molecule has 1 aromatic heterocycles. The molecule has 5 nitrogen and oxygen atoms in total. The first-order valence-corrected chi connectivity index (χ1v) is 11.5. The minimum atomic E-state index is -0.574. The van der Waals surface area contributed by atoms with Gasteiger partial charge in [0, 0.05) is 24.6 Å². The SMILES string of the molecule is CC(C)N1c2cc(-c3nc(Cc4ccc5c(c4)CCNC5)ncc3F)cc(F)c2OCC1C. The summed E-state index contributed by atoms with van der Waals surface area (Å²) in [5.41, 5.74) is 4.83. The van der Waals surface area contributed by atoms with Crippen LogP contribution >= 0.6 is 0 Å². The lowest BCUT2D eigenvalue weighted by molar-refractivity contribution is 0.252. The number of fused-ring (bicyclic) bond motifs is 2. The van der Waals surface area contributed by atoms with Crippen molar-refractivity contribution in [3.8, 4) is 17.0 Å². The van der Waals surface area contributed by atoms with E-state index in [1.54, 1.807) is 6.07 Å². The van der Waals surface area contributed by atoms with E-state index in [4.69, 9.17) is 4.74 Å². The molecule has 7 heteroatoms. The number of hydrogen-bond acceptors (Lipinski definition) is 5. The second-order valence-corrected chi connectivity index (χ2v) is 9.16. The van der Waals surface area contributed by atoms with Crippen molar-refractivity contribution in [2.45, 2.75) is 52.2 Å². The summed E-state index contributed by atoms with van der Waals surface area (Å²) >= 11 is 0. The molecule has 1 atom stereocenters. The van der Waals surface area contributed by atoms with Crippen molar-refractivity contribution in [2.24, 2.45) is 0 Å². The summed E-state index contributed by atoms with van der Waals surface area (Å²) in [7, 11) is 0. The average molecular weight is 451 g/mol. The minimum Gasteiger partial charge on any atom is -0.486 e. The highest BCUT2D eigenvalue weighted by Crippen LogP contribution is 2.40. The smallest absolute Gasteiger partial charge is 0.178 e. The van der Waals surface area contributed by atoms with Gasteiger partial charge in [-0.1, -0.05) is 18.2 Å². The largest absolute Gasteiger partial charge is 0.486 e. The van der Waals surface area contributed by atoms with Crippen LogP contribution < -0.4 is 15.0 Å². The lowest BCUT2D eigenvalue weighted by Gasteiger charge is -2.40. The van der Waals surface area contributed by atoms with Crippen LogP contribution in [-0.2, 0) is 19.4 Å². The second kappa shape index (κ2) is 8.71. The van der Waals surface area contributed by atoms with E-state index >= 15 is 0 Å². The number of nitrogens with zero attached hydrogens (tertiary/aromatic N) is 3.